The van der Waals surface area contributed by atoms with Crippen LogP contribution in [0.4, 0.5) is 52.7 Å². The van der Waals surface area contributed by atoms with E-state index in [-0.39, 0.29) is 16.8 Å². The Morgan fingerprint density at radius 2 is 0.704 bits per heavy atom. The van der Waals surface area contributed by atoms with Crippen molar-refractivity contribution in [2.45, 2.75) is 24.7 Å². The zero-order valence-corrected chi connectivity index (χ0v) is 12.7. The van der Waals surface area contributed by atoms with E-state index < -0.39 is 59.9 Å². The molecule has 0 amide bonds. The fourth-order valence-electron chi connectivity index (χ4n) is 0.565. The second-order valence-electron chi connectivity index (χ2n) is 3.74. The molecule has 0 aliphatic rings. The first-order valence-electron chi connectivity index (χ1n) is 5.24. The van der Waals surface area contributed by atoms with Gasteiger partial charge in [0.15, 0.2) is 0 Å². The van der Waals surface area contributed by atoms with Gasteiger partial charge in [-0.1, -0.05) is 0 Å². The molecule has 0 aromatic heterocycles. The fourth-order valence-corrected chi connectivity index (χ4v) is 0.565. The minimum atomic E-state index is -5.46. The van der Waals surface area contributed by atoms with Crippen LogP contribution in [-0.4, -0.2) is 36.3 Å². The van der Waals surface area contributed by atoms with Crippen molar-refractivity contribution in [2.24, 2.45) is 0 Å². The Hall–Kier alpha value is -1.91. The number of hydrogen-bond acceptors (Lipinski definition) is 4. The molecule has 0 aliphatic heterocycles. The number of hydrogen-bond donors (Lipinski definition) is 0. The van der Waals surface area contributed by atoms with Crippen molar-refractivity contribution in [1.29, 1.82) is 0 Å². The van der Waals surface area contributed by atoms with Crippen LogP contribution in [0, 0.1) is 0 Å². The number of rotatable bonds is 2. The van der Waals surface area contributed by atoms with Crippen molar-refractivity contribution in [3.63, 3.8) is 0 Å². The van der Waals surface area contributed by atoms with Gasteiger partial charge in [-0.3, -0.25) is 9.59 Å². The monoisotopic (exact) mass is 473 g/mol. The molecule has 0 aliphatic carbocycles. The van der Waals surface area contributed by atoms with E-state index in [4.69, 9.17) is 0 Å². The van der Waals surface area contributed by atoms with Crippen molar-refractivity contribution in [3.05, 3.63) is 23.7 Å². The second-order valence-corrected chi connectivity index (χ2v) is 3.74. The summed E-state index contributed by atoms with van der Waals surface area (Å²) in [6.07, 6.45) is -23.9. The summed E-state index contributed by atoms with van der Waals surface area (Å²) in [7, 11) is 0. The third-order valence-corrected chi connectivity index (χ3v) is 1.64. The topological polar surface area (TPSA) is 80.3 Å². The van der Waals surface area contributed by atoms with E-state index in [0.717, 1.165) is 0 Å². The number of alkyl halides is 12. The van der Waals surface area contributed by atoms with Gasteiger partial charge in [-0.15, -0.1) is 0 Å². The molecule has 0 heterocycles. The van der Waals surface area contributed by atoms with E-state index >= 15 is 0 Å². The average molecular weight is 473 g/mol. The first kappa shape index (κ1) is 29.8. The zero-order valence-electron chi connectivity index (χ0n) is 11.7. The van der Waals surface area contributed by atoms with Gasteiger partial charge in [0.2, 0.25) is 0 Å². The number of halogens is 12. The van der Waals surface area contributed by atoms with Crippen molar-refractivity contribution >= 4 is 11.6 Å². The van der Waals surface area contributed by atoms with Gasteiger partial charge in [-0.25, -0.2) is 0 Å². The Morgan fingerprint density at radius 1 is 0.519 bits per heavy atom. The van der Waals surface area contributed by atoms with Gasteiger partial charge < -0.3 is 10.2 Å². The molecule has 159 valence electrons. The van der Waals surface area contributed by atoms with Crippen molar-refractivity contribution in [2.75, 3.05) is 0 Å². The molecule has 0 fully saturated rings. The summed E-state index contributed by atoms with van der Waals surface area (Å²) in [6.45, 7) is 0. The Labute approximate surface area is 150 Å². The Bertz CT molecular complexity index is 527. The Kier molecular flexibility index (Phi) is 10.9. The van der Waals surface area contributed by atoms with Crippen LogP contribution < -0.4 is 10.2 Å². The van der Waals surface area contributed by atoms with Gasteiger partial charge in [-0.2, -0.15) is 52.7 Å². The van der Waals surface area contributed by atoms with Gasteiger partial charge >= 0.3 is 41.5 Å². The van der Waals surface area contributed by atoms with E-state index in [9.17, 15) is 72.5 Å². The maximum absolute atomic E-state index is 11.3. The maximum Gasteiger partial charge on any atom is 2.00 e. The quantitative estimate of drug-likeness (QED) is 0.349. The van der Waals surface area contributed by atoms with Gasteiger partial charge in [-0.05, 0) is 23.7 Å². The second kappa shape index (κ2) is 9.86. The van der Waals surface area contributed by atoms with Gasteiger partial charge in [0.05, 0.1) is 0 Å². The third-order valence-electron chi connectivity index (χ3n) is 1.64. The molecule has 4 nitrogen and oxygen atoms in total. The molecule has 0 aromatic rings. The van der Waals surface area contributed by atoms with E-state index in [1.165, 1.54) is 0 Å². The fraction of sp³-hybridized carbons (Fsp3) is 0.400. The smallest absolute Gasteiger partial charge is 0.869 e. The van der Waals surface area contributed by atoms with Crippen LogP contribution in [0.3, 0.4) is 0 Å². The van der Waals surface area contributed by atoms with Crippen LogP contribution in [0.25, 0.3) is 0 Å². The molecule has 27 heavy (non-hydrogen) atoms. The van der Waals surface area contributed by atoms with Crippen LogP contribution in [0.1, 0.15) is 0 Å². The summed E-state index contributed by atoms with van der Waals surface area (Å²) in [5, 5.41) is 19.6. The van der Waals surface area contributed by atoms with Crippen molar-refractivity contribution in [1.82, 2.24) is 0 Å². The molecular weight excluding hydrogens is 471 g/mol. The molecule has 0 bridgehead atoms. The summed E-state index contributed by atoms with van der Waals surface area (Å²) in [4.78, 5) is 19.6. The summed E-state index contributed by atoms with van der Waals surface area (Å²) in [5.41, 5.74) is 0. The predicted octanol–water partition coefficient (Wildman–Crippen LogP) is 1.85. The number of carbonyl (C=O) groups is 2. The summed E-state index contributed by atoms with van der Waals surface area (Å²) < 4.78 is 136. The Morgan fingerprint density at radius 3 is 0.815 bits per heavy atom. The molecule has 0 N–H and O–H groups in total. The number of ketones is 2. The van der Waals surface area contributed by atoms with Crippen LogP contribution in [-0.2, 0) is 26.4 Å². The summed E-state index contributed by atoms with van der Waals surface area (Å²) >= 11 is 0. The molecule has 0 spiro atoms. The predicted molar refractivity (Wildman–Crippen MR) is 50.4 cm³/mol. The van der Waals surface area contributed by atoms with Crippen LogP contribution in [0.15, 0.2) is 23.7 Å². The average Bonchev–Trinajstić information content (AvgIpc) is 2.34. The molecule has 0 unspecified atom stereocenters. The molecule has 0 aromatic carbocycles. The minimum absolute atomic E-state index is 0. The first-order valence-corrected chi connectivity index (χ1v) is 5.24. The molecule has 1 radical (unpaired) electrons. The van der Waals surface area contributed by atoms with Crippen LogP contribution in [0.5, 0.6) is 0 Å². The normalized spacial score (nSPS) is 13.9. The Balaban J connectivity index is -0.000000411. The minimum Gasteiger partial charge on any atom is -0.869 e. The molecule has 0 saturated carbocycles. The standard InChI is InChI=1S/2C5H2F6O2.Co/c2*6-4(7,8)2(12)1-3(13)5(9,10)11;/h2*1,12H;/q;;+2/p-2/b2*2-1+;. The number of carbonyl (C=O) groups excluding carboxylic acids is 2. The third kappa shape index (κ3) is 13.0. The summed E-state index contributed by atoms with van der Waals surface area (Å²) in [5.74, 6) is -11.3. The van der Waals surface area contributed by atoms with Crippen LogP contribution >= 0.6 is 0 Å². The number of allylic oxidation sites excluding steroid dienone is 4. The largest absolute Gasteiger partial charge is 2.00 e. The maximum atomic E-state index is 11.3. The van der Waals surface area contributed by atoms with E-state index in [2.05, 4.69) is 0 Å². The molecule has 17 heteroatoms. The summed E-state index contributed by atoms with van der Waals surface area (Å²) in [6, 6.07) is 0. The molecule has 0 rings (SSSR count). The van der Waals surface area contributed by atoms with Crippen molar-refractivity contribution < 1.29 is 89.3 Å². The first-order chi connectivity index (χ1) is 11.1. The van der Waals surface area contributed by atoms with E-state index in [1.807, 2.05) is 0 Å². The molecule has 0 saturated heterocycles. The van der Waals surface area contributed by atoms with E-state index in [1.54, 1.807) is 0 Å². The van der Waals surface area contributed by atoms with Gasteiger partial charge in [0.1, 0.15) is 0 Å². The SMILES string of the molecule is O=C(/C=C(/[O-])C(F)(F)F)C(F)(F)F.O=C(/C=C(/[O-])C(F)(F)F)C(F)(F)F.[Co+2]. The molecular formula is C10H2CoF12O4. The van der Waals surface area contributed by atoms with Crippen LogP contribution in [0.2, 0.25) is 0 Å². The van der Waals surface area contributed by atoms with E-state index in [0.29, 0.717) is 0 Å². The van der Waals surface area contributed by atoms with Crippen molar-refractivity contribution in [3.8, 4) is 0 Å². The van der Waals surface area contributed by atoms with Gasteiger partial charge in [0.25, 0.3) is 11.6 Å². The zero-order chi connectivity index (χ0) is 21.7. The molecule has 0 atom stereocenters. The van der Waals surface area contributed by atoms with Gasteiger partial charge in [0, 0.05) is 0 Å².